The summed E-state index contributed by atoms with van der Waals surface area (Å²) < 4.78 is 0. The van der Waals surface area contributed by atoms with Crippen molar-refractivity contribution in [2.45, 2.75) is 77.7 Å². The maximum atomic E-state index is 2.65. The Bertz CT molecular complexity index is 161. The van der Waals surface area contributed by atoms with Crippen LogP contribution in [0.5, 0.6) is 0 Å². The molecule has 16 heavy (non-hydrogen) atoms. The van der Waals surface area contributed by atoms with Gasteiger partial charge in [-0.1, -0.05) is 52.4 Å². The SMILES string of the molecule is CCCCCC(CC)CN(C)C1CCCC1. The lowest BCUT2D eigenvalue weighted by molar-refractivity contribution is 0.198. The quantitative estimate of drug-likeness (QED) is 0.551. The normalized spacial score (nSPS) is 19.5. The molecule has 0 radical (unpaired) electrons. The van der Waals surface area contributed by atoms with Crippen LogP contribution in [-0.2, 0) is 0 Å². The number of nitrogens with zero attached hydrogens (tertiary/aromatic N) is 1. The van der Waals surface area contributed by atoms with Gasteiger partial charge in [0.15, 0.2) is 0 Å². The molecule has 0 amide bonds. The molecule has 1 fully saturated rings. The third-order valence-electron chi connectivity index (χ3n) is 4.29. The van der Waals surface area contributed by atoms with Crippen LogP contribution >= 0.6 is 0 Å². The minimum Gasteiger partial charge on any atom is -0.303 e. The number of hydrogen-bond donors (Lipinski definition) is 0. The lowest BCUT2D eigenvalue weighted by Crippen LogP contribution is -2.33. The summed E-state index contributed by atoms with van der Waals surface area (Å²) in [6.07, 6.45) is 12.8. The molecule has 1 atom stereocenters. The van der Waals surface area contributed by atoms with E-state index in [1.165, 1.54) is 64.3 Å². The van der Waals surface area contributed by atoms with Gasteiger partial charge in [-0.15, -0.1) is 0 Å². The van der Waals surface area contributed by atoms with Gasteiger partial charge in [-0.2, -0.15) is 0 Å². The third kappa shape index (κ3) is 4.86. The maximum absolute atomic E-state index is 2.65. The molecule has 0 heterocycles. The lowest BCUT2D eigenvalue weighted by atomic mass is 9.97. The minimum atomic E-state index is 0.903. The summed E-state index contributed by atoms with van der Waals surface area (Å²) in [6.45, 7) is 6.00. The van der Waals surface area contributed by atoms with Crippen molar-refractivity contribution in [3.05, 3.63) is 0 Å². The van der Waals surface area contributed by atoms with Crippen molar-refractivity contribution < 1.29 is 0 Å². The smallest absolute Gasteiger partial charge is 0.00923 e. The molecular weight excluding hydrogens is 194 g/mol. The highest BCUT2D eigenvalue weighted by Gasteiger charge is 2.21. The Labute approximate surface area is 103 Å². The van der Waals surface area contributed by atoms with Gasteiger partial charge >= 0.3 is 0 Å². The van der Waals surface area contributed by atoms with Crippen LogP contribution in [0.25, 0.3) is 0 Å². The van der Waals surface area contributed by atoms with Crippen LogP contribution in [0.4, 0.5) is 0 Å². The molecule has 1 heteroatoms. The van der Waals surface area contributed by atoms with E-state index in [4.69, 9.17) is 0 Å². The number of unbranched alkanes of at least 4 members (excludes halogenated alkanes) is 2. The summed E-state index contributed by atoms with van der Waals surface area (Å²) >= 11 is 0. The van der Waals surface area contributed by atoms with E-state index in [1.54, 1.807) is 0 Å². The topological polar surface area (TPSA) is 3.24 Å². The number of rotatable bonds is 8. The van der Waals surface area contributed by atoms with E-state index in [-0.39, 0.29) is 0 Å². The molecule has 1 saturated carbocycles. The fourth-order valence-electron chi connectivity index (χ4n) is 3.01. The molecule has 0 spiro atoms. The van der Waals surface area contributed by atoms with Crippen molar-refractivity contribution in [1.29, 1.82) is 0 Å². The monoisotopic (exact) mass is 225 g/mol. The zero-order chi connectivity index (χ0) is 11.8. The van der Waals surface area contributed by atoms with Gasteiger partial charge in [0.2, 0.25) is 0 Å². The highest BCUT2D eigenvalue weighted by molar-refractivity contribution is 4.76. The molecule has 0 N–H and O–H groups in total. The molecule has 1 unspecified atom stereocenters. The maximum Gasteiger partial charge on any atom is 0.00923 e. The summed E-state index contributed by atoms with van der Waals surface area (Å²) in [5.41, 5.74) is 0. The summed E-state index contributed by atoms with van der Waals surface area (Å²) in [5.74, 6) is 0.942. The summed E-state index contributed by atoms with van der Waals surface area (Å²) in [4.78, 5) is 2.65. The molecule has 1 aliphatic carbocycles. The van der Waals surface area contributed by atoms with Crippen LogP contribution < -0.4 is 0 Å². The first-order chi connectivity index (χ1) is 7.77. The highest BCUT2D eigenvalue weighted by Crippen LogP contribution is 2.24. The standard InChI is InChI=1S/C15H31N/c1-4-6-7-10-14(5-2)13-16(3)15-11-8-9-12-15/h14-15H,4-13H2,1-3H3. The van der Waals surface area contributed by atoms with Crippen LogP contribution in [0.1, 0.15) is 71.6 Å². The van der Waals surface area contributed by atoms with Crippen molar-refractivity contribution in [3.8, 4) is 0 Å². The largest absolute Gasteiger partial charge is 0.303 e. The van der Waals surface area contributed by atoms with Crippen molar-refractivity contribution >= 4 is 0 Å². The van der Waals surface area contributed by atoms with Crippen LogP contribution in [0, 0.1) is 5.92 Å². The van der Waals surface area contributed by atoms with E-state index in [0.29, 0.717) is 0 Å². The molecule has 0 aromatic rings. The molecule has 0 aromatic heterocycles. The Hall–Kier alpha value is -0.0400. The average molecular weight is 225 g/mol. The molecule has 0 aliphatic heterocycles. The van der Waals surface area contributed by atoms with Crippen molar-refractivity contribution in [2.24, 2.45) is 5.92 Å². The van der Waals surface area contributed by atoms with Crippen LogP contribution in [0.15, 0.2) is 0 Å². The zero-order valence-corrected chi connectivity index (χ0v) is 11.7. The van der Waals surface area contributed by atoms with E-state index in [2.05, 4.69) is 25.8 Å². The summed E-state index contributed by atoms with van der Waals surface area (Å²) in [6, 6.07) is 0.903. The zero-order valence-electron chi connectivity index (χ0n) is 11.7. The van der Waals surface area contributed by atoms with E-state index in [0.717, 1.165) is 12.0 Å². The summed E-state index contributed by atoms with van der Waals surface area (Å²) in [5, 5.41) is 0. The predicted molar refractivity (Wildman–Crippen MR) is 72.8 cm³/mol. The first kappa shape index (κ1) is 14.0. The van der Waals surface area contributed by atoms with Crippen molar-refractivity contribution in [2.75, 3.05) is 13.6 Å². The minimum absolute atomic E-state index is 0.903. The van der Waals surface area contributed by atoms with E-state index in [1.807, 2.05) is 0 Å². The van der Waals surface area contributed by atoms with E-state index in [9.17, 15) is 0 Å². The second kappa shape index (κ2) is 8.11. The molecule has 0 aromatic carbocycles. The Morgan fingerprint density at radius 3 is 2.38 bits per heavy atom. The van der Waals surface area contributed by atoms with Gasteiger partial charge < -0.3 is 4.90 Å². The van der Waals surface area contributed by atoms with Gasteiger partial charge in [0, 0.05) is 12.6 Å². The van der Waals surface area contributed by atoms with Crippen molar-refractivity contribution in [3.63, 3.8) is 0 Å². The van der Waals surface area contributed by atoms with Gasteiger partial charge in [0.05, 0.1) is 0 Å². The molecule has 1 aliphatic rings. The Balaban J connectivity index is 2.19. The Morgan fingerprint density at radius 2 is 1.81 bits per heavy atom. The van der Waals surface area contributed by atoms with Gasteiger partial charge in [-0.25, -0.2) is 0 Å². The van der Waals surface area contributed by atoms with E-state index < -0.39 is 0 Å². The second-order valence-electron chi connectivity index (χ2n) is 5.65. The van der Waals surface area contributed by atoms with Crippen molar-refractivity contribution in [1.82, 2.24) is 4.90 Å². The second-order valence-corrected chi connectivity index (χ2v) is 5.65. The Kier molecular flexibility index (Phi) is 7.11. The average Bonchev–Trinajstić information content (AvgIpc) is 2.81. The van der Waals surface area contributed by atoms with Gasteiger partial charge in [-0.3, -0.25) is 0 Å². The van der Waals surface area contributed by atoms with Crippen LogP contribution in [0.3, 0.4) is 0 Å². The third-order valence-corrected chi connectivity index (χ3v) is 4.29. The molecular formula is C15H31N. The molecule has 1 rings (SSSR count). The Morgan fingerprint density at radius 1 is 1.12 bits per heavy atom. The van der Waals surface area contributed by atoms with Gasteiger partial charge in [0.1, 0.15) is 0 Å². The highest BCUT2D eigenvalue weighted by atomic mass is 15.1. The molecule has 0 saturated heterocycles. The summed E-state index contributed by atoms with van der Waals surface area (Å²) in [7, 11) is 2.35. The van der Waals surface area contributed by atoms with Gasteiger partial charge in [-0.05, 0) is 32.2 Å². The van der Waals surface area contributed by atoms with Crippen LogP contribution in [-0.4, -0.2) is 24.5 Å². The predicted octanol–water partition coefficient (Wildman–Crippen LogP) is 4.47. The van der Waals surface area contributed by atoms with Crippen LogP contribution in [0.2, 0.25) is 0 Å². The van der Waals surface area contributed by atoms with Gasteiger partial charge in [0.25, 0.3) is 0 Å². The molecule has 0 bridgehead atoms. The fraction of sp³-hybridized carbons (Fsp3) is 1.00. The molecule has 1 nitrogen and oxygen atoms in total. The lowest BCUT2D eigenvalue weighted by Gasteiger charge is -2.28. The first-order valence-electron chi connectivity index (χ1n) is 7.48. The fourth-order valence-corrected chi connectivity index (χ4v) is 3.01. The first-order valence-corrected chi connectivity index (χ1v) is 7.48. The molecule has 96 valence electrons. The number of hydrogen-bond acceptors (Lipinski definition) is 1. The van der Waals surface area contributed by atoms with E-state index >= 15 is 0 Å².